The zero-order valence-electron chi connectivity index (χ0n) is 13.1. The maximum Gasteiger partial charge on any atom is 0.243 e. The van der Waals surface area contributed by atoms with Crippen LogP contribution in [0.15, 0.2) is 23.1 Å². The molecule has 6 nitrogen and oxygen atoms in total. The summed E-state index contributed by atoms with van der Waals surface area (Å²) in [6.45, 7) is 4.16. The monoisotopic (exact) mass is 338 g/mol. The predicted molar refractivity (Wildman–Crippen MR) is 85.3 cm³/mol. The number of rotatable bonds is 2. The van der Waals surface area contributed by atoms with Gasteiger partial charge in [0.2, 0.25) is 10.0 Å². The molecule has 3 heterocycles. The number of ether oxygens (including phenoxy) is 2. The van der Waals surface area contributed by atoms with E-state index in [-0.39, 0.29) is 5.41 Å². The Bertz CT molecular complexity index is 698. The van der Waals surface area contributed by atoms with Gasteiger partial charge in [-0.15, -0.1) is 0 Å². The lowest BCUT2D eigenvalue weighted by Crippen LogP contribution is -2.39. The van der Waals surface area contributed by atoms with Crippen molar-refractivity contribution in [3.05, 3.63) is 18.2 Å². The molecule has 0 saturated carbocycles. The first-order valence-corrected chi connectivity index (χ1v) is 9.64. The molecule has 126 valence electrons. The molecule has 2 saturated heterocycles. The smallest absolute Gasteiger partial charge is 0.243 e. The fraction of sp³-hybridized carbons (Fsp3) is 0.625. The van der Waals surface area contributed by atoms with Gasteiger partial charge in [0.05, 0.1) is 4.90 Å². The quantitative estimate of drug-likeness (QED) is 0.878. The van der Waals surface area contributed by atoms with Gasteiger partial charge in [0, 0.05) is 19.2 Å². The van der Waals surface area contributed by atoms with Crippen LogP contribution in [0.1, 0.15) is 19.3 Å². The molecule has 0 aliphatic carbocycles. The van der Waals surface area contributed by atoms with E-state index in [4.69, 9.17) is 9.47 Å². The van der Waals surface area contributed by atoms with Crippen LogP contribution in [0.3, 0.4) is 0 Å². The van der Waals surface area contributed by atoms with Crippen molar-refractivity contribution < 1.29 is 17.9 Å². The first kappa shape index (κ1) is 15.2. The molecule has 3 aliphatic rings. The number of hydrogen-bond donors (Lipinski definition) is 1. The second-order valence-electron chi connectivity index (χ2n) is 6.64. The summed E-state index contributed by atoms with van der Waals surface area (Å²) in [6.07, 6.45) is 3.07. The van der Waals surface area contributed by atoms with Gasteiger partial charge in [-0.25, -0.2) is 8.42 Å². The van der Waals surface area contributed by atoms with Crippen LogP contribution in [-0.2, 0) is 10.0 Å². The van der Waals surface area contributed by atoms with Crippen LogP contribution in [0.25, 0.3) is 0 Å². The molecule has 3 aliphatic heterocycles. The standard InChI is InChI=1S/C16H22N2O4S/c19-23(20,13-1-2-14-15(11-13)22-10-9-21-14)18-8-5-16(12-18)3-6-17-7-4-16/h1-2,11,17H,3-10,12H2. The van der Waals surface area contributed by atoms with Crippen LogP contribution in [0, 0.1) is 5.41 Å². The van der Waals surface area contributed by atoms with Crippen molar-refractivity contribution in [2.75, 3.05) is 39.4 Å². The highest BCUT2D eigenvalue weighted by Gasteiger charge is 2.43. The molecule has 0 aromatic heterocycles. The van der Waals surface area contributed by atoms with Crippen LogP contribution in [0.2, 0.25) is 0 Å². The summed E-state index contributed by atoms with van der Waals surface area (Å²) < 4.78 is 38.5. The maximum absolute atomic E-state index is 13.0. The van der Waals surface area contributed by atoms with Crippen molar-refractivity contribution in [3.63, 3.8) is 0 Å². The number of fused-ring (bicyclic) bond motifs is 1. The minimum Gasteiger partial charge on any atom is -0.486 e. The first-order valence-electron chi connectivity index (χ1n) is 8.20. The van der Waals surface area contributed by atoms with E-state index in [1.54, 1.807) is 22.5 Å². The summed E-state index contributed by atoms with van der Waals surface area (Å²) >= 11 is 0. The molecule has 2 fully saturated rings. The third kappa shape index (κ3) is 2.70. The highest BCUT2D eigenvalue weighted by Crippen LogP contribution is 2.41. The van der Waals surface area contributed by atoms with Crippen LogP contribution < -0.4 is 14.8 Å². The number of nitrogens with zero attached hydrogens (tertiary/aromatic N) is 1. The number of sulfonamides is 1. The highest BCUT2D eigenvalue weighted by molar-refractivity contribution is 7.89. The second kappa shape index (κ2) is 5.65. The topological polar surface area (TPSA) is 67.9 Å². The Labute approximate surface area is 136 Å². The van der Waals surface area contributed by atoms with Gasteiger partial charge in [-0.2, -0.15) is 4.31 Å². The molecule has 4 rings (SSSR count). The SMILES string of the molecule is O=S(=O)(c1ccc2c(c1)OCCO2)N1CCC2(CCNCC2)C1. The molecule has 0 unspecified atom stereocenters. The highest BCUT2D eigenvalue weighted by atomic mass is 32.2. The molecule has 1 N–H and O–H groups in total. The normalized spacial score (nSPS) is 24.0. The van der Waals surface area contributed by atoms with Crippen LogP contribution in [-0.4, -0.2) is 52.1 Å². The molecule has 0 amide bonds. The van der Waals surface area contributed by atoms with Gasteiger partial charge in [0.15, 0.2) is 11.5 Å². The van der Waals surface area contributed by atoms with E-state index in [9.17, 15) is 8.42 Å². The van der Waals surface area contributed by atoms with E-state index in [1.165, 1.54) is 0 Å². The molecular formula is C16H22N2O4S. The lowest BCUT2D eigenvalue weighted by atomic mass is 9.78. The van der Waals surface area contributed by atoms with E-state index in [2.05, 4.69) is 5.32 Å². The van der Waals surface area contributed by atoms with Crippen LogP contribution in [0.5, 0.6) is 11.5 Å². The zero-order valence-corrected chi connectivity index (χ0v) is 13.9. The summed E-state index contributed by atoms with van der Waals surface area (Å²) in [5.74, 6) is 1.14. The molecule has 7 heteroatoms. The summed E-state index contributed by atoms with van der Waals surface area (Å²) in [5.41, 5.74) is 0.159. The third-order valence-corrected chi connectivity index (χ3v) is 7.06. The second-order valence-corrected chi connectivity index (χ2v) is 8.58. The van der Waals surface area contributed by atoms with Crippen molar-refractivity contribution in [3.8, 4) is 11.5 Å². The molecule has 1 aromatic rings. The number of hydrogen-bond acceptors (Lipinski definition) is 5. The van der Waals surface area contributed by atoms with Gasteiger partial charge in [0.25, 0.3) is 0 Å². The molecule has 1 spiro atoms. The van der Waals surface area contributed by atoms with E-state index >= 15 is 0 Å². The fourth-order valence-electron chi connectivity index (χ4n) is 3.80. The Kier molecular flexibility index (Phi) is 3.74. The number of benzene rings is 1. The lowest BCUT2D eigenvalue weighted by molar-refractivity contribution is 0.171. The van der Waals surface area contributed by atoms with E-state index in [1.807, 2.05) is 0 Å². The fourth-order valence-corrected chi connectivity index (χ4v) is 5.37. The zero-order chi connectivity index (χ0) is 15.9. The Hall–Kier alpha value is -1.31. The van der Waals surface area contributed by atoms with Gasteiger partial charge in [0.1, 0.15) is 13.2 Å². The molecule has 0 atom stereocenters. The van der Waals surface area contributed by atoms with Gasteiger partial charge >= 0.3 is 0 Å². The Morgan fingerprint density at radius 3 is 2.57 bits per heavy atom. The minimum absolute atomic E-state index is 0.159. The molecule has 23 heavy (non-hydrogen) atoms. The number of nitrogens with one attached hydrogen (secondary N) is 1. The van der Waals surface area contributed by atoms with Crippen molar-refractivity contribution in [2.45, 2.75) is 24.2 Å². The largest absolute Gasteiger partial charge is 0.486 e. The van der Waals surface area contributed by atoms with Crippen molar-refractivity contribution >= 4 is 10.0 Å². The average Bonchev–Trinajstić information content (AvgIpc) is 2.99. The molecule has 0 bridgehead atoms. The summed E-state index contributed by atoms with van der Waals surface area (Å²) in [7, 11) is -3.47. The summed E-state index contributed by atoms with van der Waals surface area (Å²) in [5, 5.41) is 3.36. The van der Waals surface area contributed by atoms with Crippen LogP contribution in [0.4, 0.5) is 0 Å². The predicted octanol–water partition coefficient (Wildman–Crippen LogP) is 1.22. The van der Waals surface area contributed by atoms with Crippen molar-refractivity contribution in [2.24, 2.45) is 5.41 Å². The first-order chi connectivity index (χ1) is 11.1. The Morgan fingerprint density at radius 1 is 1.04 bits per heavy atom. The lowest BCUT2D eigenvalue weighted by Gasteiger charge is -2.33. The minimum atomic E-state index is -3.47. The Morgan fingerprint density at radius 2 is 1.78 bits per heavy atom. The van der Waals surface area contributed by atoms with Gasteiger partial charge in [-0.05, 0) is 49.9 Å². The van der Waals surface area contributed by atoms with Gasteiger partial charge in [-0.1, -0.05) is 0 Å². The van der Waals surface area contributed by atoms with Crippen molar-refractivity contribution in [1.82, 2.24) is 9.62 Å². The summed E-state index contributed by atoms with van der Waals surface area (Å²) in [4.78, 5) is 0.299. The Balaban J connectivity index is 1.58. The van der Waals surface area contributed by atoms with E-state index < -0.39 is 10.0 Å². The van der Waals surface area contributed by atoms with Gasteiger partial charge < -0.3 is 14.8 Å². The average molecular weight is 338 g/mol. The van der Waals surface area contributed by atoms with Gasteiger partial charge in [-0.3, -0.25) is 0 Å². The third-order valence-electron chi connectivity index (χ3n) is 5.22. The summed E-state index contributed by atoms with van der Waals surface area (Å²) in [6, 6.07) is 4.91. The maximum atomic E-state index is 13.0. The molecular weight excluding hydrogens is 316 g/mol. The van der Waals surface area contributed by atoms with Crippen molar-refractivity contribution in [1.29, 1.82) is 0 Å². The van der Waals surface area contributed by atoms with Crippen LogP contribution >= 0.6 is 0 Å². The van der Waals surface area contributed by atoms with E-state index in [0.717, 1.165) is 32.4 Å². The molecule has 1 aromatic carbocycles. The number of piperidine rings is 1. The molecule has 0 radical (unpaired) electrons. The van der Waals surface area contributed by atoms with E-state index in [0.29, 0.717) is 42.7 Å².